The molecule has 14 heteroatoms. The third kappa shape index (κ3) is 9.73. The molecule has 0 saturated heterocycles. The Balaban J connectivity index is 2.54. The highest BCUT2D eigenvalue weighted by Crippen LogP contribution is 2.32. The van der Waals surface area contributed by atoms with Crippen molar-refractivity contribution in [2.24, 2.45) is 5.41 Å². The van der Waals surface area contributed by atoms with Gasteiger partial charge in [-0.05, 0) is 42.4 Å². The van der Waals surface area contributed by atoms with Crippen molar-refractivity contribution in [3.63, 3.8) is 0 Å². The van der Waals surface area contributed by atoms with Crippen molar-refractivity contribution in [2.45, 2.75) is 68.8 Å². The summed E-state index contributed by atoms with van der Waals surface area (Å²) in [5, 5.41) is 32.1. The van der Waals surface area contributed by atoms with Crippen LogP contribution in [0.2, 0.25) is 0 Å². The molecule has 0 aliphatic carbocycles. The van der Waals surface area contributed by atoms with Crippen molar-refractivity contribution >= 4 is 27.7 Å². The monoisotopic (exact) mass is 598 g/mol. The van der Waals surface area contributed by atoms with Crippen molar-refractivity contribution in [2.75, 3.05) is 11.9 Å². The van der Waals surface area contributed by atoms with Crippen LogP contribution in [-0.4, -0.2) is 62.0 Å². The highest BCUT2D eigenvalue weighted by atomic mass is 32.2. The molecule has 2 rings (SSSR count). The second kappa shape index (κ2) is 13.8. The number of benzene rings is 2. The molecule has 224 valence electrons. The number of hydrogen-bond donors (Lipinski definition) is 4. The van der Waals surface area contributed by atoms with Gasteiger partial charge in [-0.25, -0.2) is 17.9 Å². The number of amides is 2. The van der Waals surface area contributed by atoms with Crippen molar-refractivity contribution in [3.8, 4) is 6.07 Å². The fraction of sp³-hybridized carbons (Fsp3) is 0.444. The van der Waals surface area contributed by atoms with Gasteiger partial charge in [0.25, 0.3) is 0 Å². The Kier molecular flexibility index (Phi) is 11.3. The summed E-state index contributed by atoms with van der Waals surface area (Å²) in [6, 6.07) is 12.6. The number of carbonyl (C=O) groups excluding carboxylic acids is 1. The van der Waals surface area contributed by atoms with E-state index in [-0.39, 0.29) is 24.2 Å². The van der Waals surface area contributed by atoms with E-state index in [0.29, 0.717) is 12.0 Å². The van der Waals surface area contributed by atoms with Crippen LogP contribution < -0.4 is 14.9 Å². The molecule has 10 nitrogen and oxygen atoms in total. The second-order valence-electron chi connectivity index (χ2n) is 10.3. The first-order valence-electron chi connectivity index (χ1n) is 12.5. The number of nitrogens with one attached hydrogen (secondary N) is 2. The molecule has 0 aromatic heterocycles. The Morgan fingerprint density at radius 3 is 2.20 bits per heavy atom. The van der Waals surface area contributed by atoms with Gasteiger partial charge < -0.3 is 20.4 Å². The van der Waals surface area contributed by atoms with Crippen molar-refractivity contribution in [1.82, 2.24) is 10.0 Å². The summed E-state index contributed by atoms with van der Waals surface area (Å²) in [6.45, 7) is 3.47. The van der Waals surface area contributed by atoms with E-state index in [2.05, 4.69) is 10.0 Å². The number of anilines is 1. The number of hydrogen-bond acceptors (Lipinski definition) is 6. The van der Waals surface area contributed by atoms with E-state index in [0.717, 1.165) is 19.2 Å². The van der Waals surface area contributed by atoms with Gasteiger partial charge in [-0.2, -0.15) is 18.4 Å². The van der Waals surface area contributed by atoms with Gasteiger partial charge in [0.1, 0.15) is 4.90 Å². The largest absolute Gasteiger partial charge is 0.471 e. The molecule has 2 aromatic carbocycles. The predicted molar refractivity (Wildman–Crippen MR) is 144 cm³/mol. The summed E-state index contributed by atoms with van der Waals surface area (Å²) < 4.78 is 68.9. The maximum absolute atomic E-state index is 13.6. The Morgan fingerprint density at radius 2 is 1.63 bits per heavy atom. The molecule has 0 bridgehead atoms. The van der Waals surface area contributed by atoms with Crippen molar-refractivity contribution in [1.29, 1.82) is 5.26 Å². The van der Waals surface area contributed by atoms with E-state index in [4.69, 9.17) is 5.26 Å². The van der Waals surface area contributed by atoms with Gasteiger partial charge in [-0.1, -0.05) is 56.3 Å². The SMILES string of the molecule is CN(C(=O)C(F)(F)F)c1ccccc1S(=O)(=O)NC(CC(C)(C)CCC#N)[C@H](O)[C@H](Cc1ccccc1)NC(=O)O. The van der Waals surface area contributed by atoms with Crippen LogP contribution in [0.15, 0.2) is 59.5 Å². The maximum Gasteiger partial charge on any atom is 0.471 e. The molecule has 0 fully saturated rings. The third-order valence-electron chi connectivity index (χ3n) is 6.49. The molecule has 1 unspecified atom stereocenters. The molecule has 2 aromatic rings. The van der Waals surface area contributed by atoms with Gasteiger partial charge in [-0.15, -0.1) is 0 Å². The summed E-state index contributed by atoms with van der Waals surface area (Å²) >= 11 is 0. The lowest BCUT2D eigenvalue weighted by molar-refractivity contribution is -0.170. The number of nitrogens with zero attached hydrogens (tertiary/aromatic N) is 2. The van der Waals surface area contributed by atoms with E-state index >= 15 is 0 Å². The van der Waals surface area contributed by atoms with Crippen molar-refractivity contribution < 1.29 is 41.4 Å². The van der Waals surface area contributed by atoms with E-state index < -0.39 is 62.4 Å². The van der Waals surface area contributed by atoms with Gasteiger partial charge in [0.05, 0.1) is 29.9 Å². The molecular weight excluding hydrogens is 565 g/mol. The van der Waals surface area contributed by atoms with Crippen LogP contribution in [0.4, 0.5) is 23.7 Å². The first-order valence-corrected chi connectivity index (χ1v) is 14.0. The lowest BCUT2D eigenvalue weighted by Gasteiger charge is -2.36. The zero-order valence-corrected chi connectivity index (χ0v) is 23.5. The number of rotatable bonds is 13. The van der Waals surface area contributed by atoms with Crippen LogP contribution in [-0.2, 0) is 21.2 Å². The minimum Gasteiger partial charge on any atom is -0.465 e. The number of sulfonamides is 1. The lowest BCUT2D eigenvalue weighted by atomic mass is 9.79. The van der Waals surface area contributed by atoms with E-state index in [1.807, 2.05) is 6.07 Å². The summed E-state index contributed by atoms with van der Waals surface area (Å²) in [7, 11) is -3.91. The quantitative estimate of drug-likeness (QED) is 0.273. The van der Waals surface area contributed by atoms with E-state index in [1.165, 1.54) is 12.1 Å². The van der Waals surface area contributed by atoms with Gasteiger partial charge in [0.2, 0.25) is 10.0 Å². The highest BCUT2D eigenvalue weighted by Gasteiger charge is 2.43. The molecule has 3 atom stereocenters. The maximum atomic E-state index is 13.6. The van der Waals surface area contributed by atoms with Crippen LogP contribution in [0.25, 0.3) is 0 Å². The first-order chi connectivity index (χ1) is 19.0. The fourth-order valence-corrected chi connectivity index (χ4v) is 5.90. The third-order valence-corrected chi connectivity index (χ3v) is 8.02. The molecule has 4 N–H and O–H groups in total. The molecule has 0 saturated carbocycles. The number of carboxylic acid groups (broad SMARTS) is 1. The fourth-order valence-electron chi connectivity index (χ4n) is 4.41. The molecule has 0 spiro atoms. The number of alkyl halides is 3. The number of aliphatic hydroxyl groups excluding tert-OH is 1. The minimum absolute atomic E-state index is 0.00936. The normalized spacial score (nSPS) is 14.4. The Morgan fingerprint density at radius 1 is 1.05 bits per heavy atom. The van der Waals surface area contributed by atoms with E-state index in [9.17, 15) is 41.4 Å². The van der Waals surface area contributed by atoms with Crippen LogP contribution in [0.3, 0.4) is 0 Å². The van der Waals surface area contributed by atoms with Crippen LogP contribution in [0, 0.1) is 16.7 Å². The zero-order chi connectivity index (χ0) is 31.0. The number of para-hydroxylation sites is 1. The predicted octanol–water partition coefficient (Wildman–Crippen LogP) is 3.82. The number of nitriles is 1. The average Bonchev–Trinajstić information content (AvgIpc) is 2.89. The van der Waals surface area contributed by atoms with E-state index in [1.54, 1.807) is 44.2 Å². The molecule has 0 heterocycles. The smallest absolute Gasteiger partial charge is 0.465 e. The molecule has 0 radical (unpaired) electrons. The Labute approximate surface area is 236 Å². The zero-order valence-electron chi connectivity index (χ0n) is 22.7. The van der Waals surface area contributed by atoms with Crippen LogP contribution in [0.1, 0.15) is 38.7 Å². The lowest BCUT2D eigenvalue weighted by Crippen LogP contribution is -2.56. The van der Waals surface area contributed by atoms with Crippen LogP contribution in [0.5, 0.6) is 0 Å². The molecule has 41 heavy (non-hydrogen) atoms. The molecule has 2 amide bonds. The summed E-state index contributed by atoms with van der Waals surface area (Å²) in [4.78, 5) is 23.0. The number of aliphatic hydroxyl groups is 1. The minimum atomic E-state index is -5.27. The second-order valence-corrected chi connectivity index (χ2v) is 12.0. The summed E-state index contributed by atoms with van der Waals surface area (Å²) in [5.74, 6) is -2.29. The highest BCUT2D eigenvalue weighted by molar-refractivity contribution is 7.89. The number of halogens is 3. The van der Waals surface area contributed by atoms with Gasteiger partial charge in [-0.3, -0.25) is 4.79 Å². The molecule has 0 aliphatic heterocycles. The van der Waals surface area contributed by atoms with Crippen molar-refractivity contribution in [3.05, 3.63) is 60.2 Å². The standard InChI is InChI=1S/C27H33F3N4O6S/c1-26(2,14-9-15-31)17-20(23(35)19(32-25(37)38)16-18-10-5-4-6-11-18)33-41(39,40)22-13-8-7-12-21(22)34(3)24(36)27(28,29)30/h4-8,10-13,19-20,23,32-33,35H,9,14,16-17H2,1-3H3,(H,37,38)/t19-,20?,23+/m0/s1. The van der Waals surface area contributed by atoms with Gasteiger partial charge >= 0.3 is 18.2 Å². The van der Waals surface area contributed by atoms with Crippen LogP contribution >= 0.6 is 0 Å². The molecular formula is C27H33F3N4O6S. The Hall–Kier alpha value is -3.67. The van der Waals surface area contributed by atoms with Gasteiger partial charge in [0, 0.05) is 13.5 Å². The topological polar surface area (TPSA) is 160 Å². The Bertz CT molecular complexity index is 1350. The summed E-state index contributed by atoms with van der Waals surface area (Å²) in [5.41, 5.74) is -0.635. The summed E-state index contributed by atoms with van der Waals surface area (Å²) in [6.07, 6.45) is -8.03. The average molecular weight is 599 g/mol. The van der Waals surface area contributed by atoms with Gasteiger partial charge in [0.15, 0.2) is 0 Å². The number of carbonyl (C=O) groups is 2. The molecule has 0 aliphatic rings. The first kappa shape index (κ1) is 33.5.